The second-order valence-corrected chi connectivity index (χ2v) is 5.26. The number of nitrogens with zero attached hydrogens (tertiary/aromatic N) is 1. The Kier molecular flexibility index (Phi) is 4.60. The van der Waals surface area contributed by atoms with E-state index in [-0.39, 0.29) is 12.3 Å². The molecular formula is C14H15F2N3O4. The van der Waals surface area contributed by atoms with Gasteiger partial charge in [-0.25, -0.2) is 13.6 Å². The third-order valence-electron chi connectivity index (χ3n) is 3.28. The maximum absolute atomic E-state index is 13.1. The Morgan fingerprint density at radius 3 is 2.65 bits per heavy atom. The van der Waals surface area contributed by atoms with E-state index in [1.54, 1.807) is 0 Å². The third-order valence-corrected chi connectivity index (χ3v) is 3.28. The normalized spacial score (nSPS) is 20.6. The fourth-order valence-electron chi connectivity index (χ4n) is 2.20. The molecule has 4 amide bonds. The van der Waals surface area contributed by atoms with E-state index >= 15 is 0 Å². The molecule has 0 saturated carbocycles. The van der Waals surface area contributed by atoms with Crippen molar-refractivity contribution < 1.29 is 27.9 Å². The van der Waals surface area contributed by atoms with Crippen molar-refractivity contribution in [2.75, 3.05) is 25.6 Å². The zero-order chi connectivity index (χ0) is 17.2. The first-order valence-electron chi connectivity index (χ1n) is 6.65. The van der Waals surface area contributed by atoms with Gasteiger partial charge >= 0.3 is 6.03 Å². The van der Waals surface area contributed by atoms with Crippen molar-refractivity contribution in [3.8, 4) is 0 Å². The summed E-state index contributed by atoms with van der Waals surface area (Å²) in [7, 11) is 1.38. The van der Waals surface area contributed by atoms with Gasteiger partial charge in [-0.2, -0.15) is 0 Å². The highest BCUT2D eigenvalue weighted by Crippen LogP contribution is 2.18. The van der Waals surface area contributed by atoms with Gasteiger partial charge in [-0.3, -0.25) is 14.5 Å². The molecule has 1 fully saturated rings. The van der Waals surface area contributed by atoms with Crippen LogP contribution in [0.15, 0.2) is 18.2 Å². The van der Waals surface area contributed by atoms with Gasteiger partial charge in [-0.15, -0.1) is 0 Å². The van der Waals surface area contributed by atoms with Crippen molar-refractivity contribution in [1.82, 2.24) is 10.2 Å². The van der Waals surface area contributed by atoms with Gasteiger partial charge in [-0.1, -0.05) is 0 Å². The van der Waals surface area contributed by atoms with E-state index in [0.717, 1.165) is 23.1 Å². The number of methoxy groups -OCH3 is 1. The number of hydrogen-bond donors (Lipinski definition) is 2. The molecule has 1 saturated heterocycles. The molecule has 2 rings (SSSR count). The number of hydrogen-bond acceptors (Lipinski definition) is 4. The SMILES string of the molecule is COC[C@@]1(C)NC(=O)N(CC(=O)Nc2ccc(F)c(F)c2)C1=O. The summed E-state index contributed by atoms with van der Waals surface area (Å²) in [6.07, 6.45) is 0. The van der Waals surface area contributed by atoms with Crippen LogP contribution in [0.5, 0.6) is 0 Å². The summed E-state index contributed by atoms with van der Waals surface area (Å²) in [5.74, 6) is -3.50. The number of urea groups is 1. The van der Waals surface area contributed by atoms with Crippen molar-refractivity contribution in [3.63, 3.8) is 0 Å². The lowest BCUT2D eigenvalue weighted by atomic mass is 10.0. The van der Waals surface area contributed by atoms with E-state index in [0.29, 0.717) is 0 Å². The summed E-state index contributed by atoms with van der Waals surface area (Å²) < 4.78 is 30.8. The van der Waals surface area contributed by atoms with Crippen LogP contribution in [0, 0.1) is 11.6 Å². The minimum atomic E-state index is -1.24. The van der Waals surface area contributed by atoms with Gasteiger partial charge in [0.25, 0.3) is 5.91 Å². The number of ether oxygens (including phenoxy) is 1. The summed E-state index contributed by atoms with van der Waals surface area (Å²) in [5.41, 5.74) is -1.23. The molecule has 124 valence electrons. The molecule has 23 heavy (non-hydrogen) atoms. The average molecular weight is 327 g/mol. The fraction of sp³-hybridized carbons (Fsp3) is 0.357. The largest absolute Gasteiger partial charge is 0.382 e. The monoisotopic (exact) mass is 327 g/mol. The van der Waals surface area contributed by atoms with E-state index in [1.165, 1.54) is 14.0 Å². The highest BCUT2D eigenvalue weighted by Gasteiger charge is 2.48. The molecule has 0 aliphatic carbocycles. The summed E-state index contributed by atoms with van der Waals surface area (Å²) in [4.78, 5) is 36.6. The summed E-state index contributed by atoms with van der Waals surface area (Å²) in [5, 5.41) is 4.73. The molecule has 0 unspecified atom stereocenters. The maximum atomic E-state index is 13.1. The van der Waals surface area contributed by atoms with Gasteiger partial charge in [0, 0.05) is 18.9 Å². The predicted octanol–water partition coefficient (Wildman–Crippen LogP) is 0.860. The van der Waals surface area contributed by atoms with E-state index in [4.69, 9.17) is 4.74 Å². The van der Waals surface area contributed by atoms with Crippen molar-refractivity contribution in [3.05, 3.63) is 29.8 Å². The Morgan fingerprint density at radius 1 is 1.35 bits per heavy atom. The number of benzene rings is 1. The molecule has 0 spiro atoms. The number of rotatable bonds is 5. The molecule has 9 heteroatoms. The topological polar surface area (TPSA) is 87.7 Å². The zero-order valence-corrected chi connectivity index (χ0v) is 12.5. The Labute approximate surface area is 130 Å². The van der Waals surface area contributed by atoms with Crippen molar-refractivity contribution in [1.29, 1.82) is 0 Å². The van der Waals surface area contributed by atoms with E-state index < -0.39 is 41.6 Å². The minimum Gasteiger partial charge on any atom is -0.382 e. The standard InChI is InChI=1S/C14H15F2N3O4/c1-14(7-23-2)12(21)19(13(22)18-14)6-11(20)17-8-3-4-9(15)10(16)5-8/h3-5H,6-7H2,1-2H3,(H,17,20)(H,18,22)/t14-/m1/s1. The number of imide groups is 1. The molecule has 1 aliphatic rings. The maximum Gasteiger partial charge on any atom is 0.325 e. The summed E-state index contributed by atoms with van der Waals surface area (Å²) in [6.45, 7) is 0.881. The smallest absolute Gasteiger partial charge is 0.325 e. The third kappa shape index (κ3) is 3.45. The van der Waals surface area contributed by atoms with Crippen molar-refractivity contribution >= 4 is 23.5 Å². The summed E-state index contributed by atoms with van der Waals surface area (Å²) in [6, 6.07) is 2.09. The van der Waals surface area contributed by atoms with Crippen LogP contribution in [0.4, 0.5) is 19.3 Å². The fourth-order valence-corrected chi connectivity index (χ4v) is 2.20. The number of carbonyl (C=O) groups is 3. The predicted molar refractivity (Wildman–Crippen MR) is 75.5 cm³/mol. The van der Waals surface area contributed by atoms with Gasteiger partial charge in [0.05, 0.1) is 6.61 Å². The zero-order valence-electron chi connectivity index (χ0n) is 12.5. The molecule has 0 aromatic heterocycles. The van der Waals surface area contributed by atoms with Gasteiger partial charge < -0.3 is 15.4 Å². The van der Waals surface area contributed by atoms with Crippen LogP contribution in [-0.4, -0.2) is 48.5 Å². The van der Waals surface area contributed by atoms with Gasteiger partial charge in [0.1, 0.15) is 12.1 Å². The highest BCUT2D eigenvalue weighted by molar-refractivity contribution is 6.10. The lowest BCUT2D eigenvalue weighted by Crippen LogP contribution is -2.48. The molecule has 2 N–H and O–H groups in total. The number of halogens is 2. The highest BCUT2D eigenvalue weighted by atomic mass is 19.2. The Hall–Kier alpha value is -2.55. The first kappa shape index (κ1) is 16.8. The first-order chi connectivity index (χ1) is 10.8. The van der Waals surface area contributed by atoms with Crippen molar-refractivity contribution in [2.45, 2.75) is 12.5 Å². The lowest BCUT2D eigenvalue weighted by molar-refractivity contribution is -0.134. The quantitative estimate of drug-likeness (QED) is 0.785. The van der Waals surface area contributed by atoms with E-state index in [9.17, 15) is 23.2 Å². The van der Waals surface area contributed by atoms with E-state index in [2.05, 4.69) is 10.6 Å². The molecule has 1 heterocycles. The number of nitrogens with one attached hydrogen (secondary N) is 2. The van der Waals surface area contributed by atoms with Gasteiger partial charge in [0.15, 0.2) is 11.6 Å². The molecule has 1 aliphatic heterocycles. The van der Waals surface area contributed by atoms with Gasteiger partial charge in [-0.05, 0) is 19.1 Å². The molecule has 7 nitrogen and oxygen atoms in total. The molecular weight excluding hydrogens is 312 g/mol. The Balaban J connectivity index is 2.04. The molecule has 0 radical (unpaired) electrons. The number of carbonyl (C=O) groups excluding carboxylic acids is 3. The Bertz CT molecular complexity index is 667. The number of amides is 4. The Morgan fingerprint density at radius 2 is 2.04 bits per heavy atom. The lowest BCUT2D eigenvalue weighted by Gasteiger charge is -2.20. The van der Waals surface area contributed by atoms with Gasteiger partial charge in [0.2, 0.25) is 5.91 Å². The van der Waals surface area contributed by atoms with Crippen LogP contribution < -0.4 is 10.6 Å². The van der Waals surface area contributed by atoms with Crippen LogP contribution in [0.2, 0.25) is 0 Å². The van der Waals surface area contributed by atoms with Crippen LogP contribution in [0.25, 0.3) is 0 Å². The molecule has 1 atom stereocenters. The van der Waals surface area contributed by atoms with Crippen LogP contribution in [0.3, 0.4) is 0 Å². The minimum absolute atomic E-state index is 0.0145. The molecule has 1 aromatic rings. The summed E-state index contributed by atoms with van der Waals surface area (Å²) >= 11 is 0. The van der Waals surface area contributed by atoms with Crippen LogP contribution in [0.1, 0.15) is 6.92 Å². The van der Waals surface area contributed by atoms with Crippen LogP contribution in [-0.2, 0) is 14.3 Å². The second kappa shape index (κ2) is 6.29. The van der Waals surface area contributed by atoms with Crippen molar-refractivity contribution in [2.24, 2.45) is 0 Å². The molecule has 0 bridgehead atoms. The second-order valence-electron chi connectivity index (χ2n) is 5.26. The van der Waals surface area contributed by atoms with E-state index in [1.807, 2.05) is 0 Å². The average Bonchev–Trinajstić information content (AvgIpc) is 2.67. The molecule has 1 aromatic carbocycles. The van der Waals surface area contributed by atoms with Crippen LogP contribution >= 0.6 is 0 Å². The number of anilines is 1. The first-order valence-corrected chi connectivity index (χ1v) is 6.65.